The molecule has 34 valence electrons. The van der Waals surface area contributed by atoms with Crippen molar-refractivity contribution < 1.29 is 34.7 Å². The van der Waals surface area contributed by atoms with Crippen LogP contribution in [0.2, 0.25) is 0 Å². The molecule has 0 rings (SSSR count). The third-order valence-corrected chi connectivity index (χ3v) is 0.348. The molecule has 0 atom stereocenters. The van der Waals surface area contributed by atoms with E-state index in [1.54, 1.807) is 0 Å². The quantitative estimate of drug-likeness (QED) is 0.235. The average molecular weight is 106 g/mol. The molecule has 0 saturated heterocycles. The van der Waals surface area contributed by atoms with Gasteiger partial charge in [0.2, 0.25) is 0 Å². The van der Waals surface area contributed by atoms with Crippen LogP contribution in [0.25, 0.3) is 0 Å². The molecule has 0 fully saturated rings. The molecule has 1 nitrogen and oxygen atoms in total. The van der Waals surface area contributed by atoms with Crippen molar-refractivity contribution in [1.82, 2.24) is 0 Å². The van der Waals surface area contributed by atoms with Gasteiger partial charge in [-0.05, 0) is 0 Å². The summed E-state index contributed by atoms with van der Waals surface area (Å²) in [7, 11) is 0. The van der Waals surface area contributed by atoms with Gasteiger partial charge in [-0.1, -0.05) is 19.4 Å². The number of terminal acetylenes is 1. The summed E-state index contributed by atoms with van der Waals surface area (Å²) in [4.78, 5) is 0. The standard InChI is InChI=1S/C5H7O.Na/c1-4-5(2,3)6;/h1H,2-3H3;/q-1;+1. The largest absolute Gasteiger partial charge is 1.00 e. The van der Waals surface area contributed by atoms with Gasteiger partial charge in [0.05, 0.1) is 0 Å². The van der Waals surface area contributed by atoms with Crippen molar-refractivity contribution in [3.8, 4) is 12.3 Å². The van der Waals surface area contributed by atoms with Crippen molar-refractivity contribution in [3.05, 3.63) is 0 Å². The smallest absolute Gasteiger partial charge is 0.840 e. The van der Waals surface area contributed by atoms with E-state index in [2.05, 4.69) is 0 Å². The zero-order valence-corrected chi connectivity index (χ0v) is 6.99. The maximum atomic E-state index is 10.2. The van der Waals surface area contributed by atoms with Crippen LogP contribution < -0.4 is 34.7 Å². The first-order valence-corrected chi connectivity index (χ1v) is 1.74. The van der Waals surface area contributed by atoms with E-state index in [1.165, 1.54) is 13.8 Å². The Morgan fingerprint density at radius 2 is 1.71 bits per heavy atom. The molecule has 7 heavy (non-hydrogen) atoms. The number of rotatable bonds is 0. The van der Waals surface area contributed by atoms with Crippen molar-refractivity contribution in [2.45, 2.75) is 19.4 Å². The second-order valence-electron chi connectivity index (χ2n) is 1.65. The Kier molecular flexibility index (Phi) is 5.27. The first-order valence-electron chi connectivity index (χ1n) is 1.74. The Bertz CT molecular complexity index is 75.1. The van der Waals surface area contributed by atoms with E-state index >= 15 is 0 Å². The summed E-state index contributed by atoms with van der Waals surface area (Å²) in [6, 6.07) is 0. The van der Waals surface area contributed by atoms with Crippen molar-refractivity contribution >= 4 is 0 Å². The molecule has 0 radical (unpaired) electrons. The SMILES string of the molecule is C#CC(C)(C)[O-].[Na+]. The second-order valence-corrected chi connectivity index (χ2v) is 1.65. The minimum Gasteiger partial charge on any atom is -0.840 e. The van der Waals surface area contributed by atoms with E-state index in [0.717, 1.165) is 0 Å². The molecule has 0 aromatic carbocycles. The molecule has 0 aromatic rings. The zero-order valence-electron chi connectivity index (χ0n) is 4.99. The molecule has 0 heterocycles. The van der Waals surface area contributed by atoms with Gasteiger partial charge in [-0.15, -0.1) is 12.3 Å². The third kappa shape index (κ3) is 10.8. The zero-order chi connectivity index (χ0) is 5.21. The molecule has 0 N–H and O–H groups in total. The molecule has 0 saturated carbocycles. The van der Waals surface area contributed by atoms with Crippen LogP contribution in [0.4, 0.5) is 0 Å². The fraction of sp³-hybridized carbons (Fsp3) is 0.600. The molecule has 0 aromatic heterocycles. The van der Waals surface area contributed by atoms with E-state index in [4.69, 9.17) is 6.42 Å². The van der Waals surface area contributed by atoms with Gasteiger partial charge in [-0.25, -0.2) is 0 Å². The molecule has 0 unspecified atom stereocenters. The van der Waals surface area contributed by atoms with Crippen LogP contribution >= 0.6 is 0 Å². The maximum Gasteiger partial charge on any atom is 1.00 e. The molecule has 2 heteroatoms. The van der Waals surface area contributed by atoms with Gasteiger partial charge in [-0.3, -0.25) is 0 Å². The van der Waals surface area contributed by atoms with Crippen molar-refractivity contribution in [2.75, 3.05) is 0 Å². The van der Waals surface area contributed by atoms with E-state index in [-0.39, 0.29) is 29.6 Å². The van der Waals surface area contributed by atoms with E-state index in [0.29, 0.717) is 0 Å². The fourth-order valence-electron chi connectivity index (χ4n) is 0. The van der Waals surface area contributed by atoms with Gasteiger partial charge in [0.1, 0.15) is 0 Å². The van der Waals surface area contributed by atoms with Gasteiger partial charge >= 0.3 is 29.6 Å². The normalized spacial score (nSPS) is 8.86. The summed E-state index contributed by atoms with van der Waals surface area (Å²) in [5.41, 5.74) is -1.18. The van der Waals surface area contributed by atoms with Gasteiger partial charge in [0.25, 0.3) is 0 Å². The van der Waals surface area contributed by atoms with E-state index in [9.17, 15) is 5.11 Å². The summed E-state index contributed by atoms with van der Waals surface area (Å²) in [6.45, 7) is 2.90. The predicted octanol–water partition coefficient (Wildman–Crippen LogP) is -3.24. The molecule has 0 bridgehead atoms. The van der Waals surface area contributed by atoms with Crippen molar-refractivity contribution in [1.29, 1.82) is 0 Å². The fourth-order valence-corrected chi connectivity index (χ4v) is 0. The van der Waals surface area contributed by atoms with Crippen molar-refractivity contribution in [2.24, 2.45) is 0 Å². The molecular weight excluding hydrogens is 99.0 g/mol. The van der Waals surface area contributed by atoms with Crippen LogP contribution in [0.5, 0.6) is 0 Å². The minimum absolute atomic E-state index is 0. The third-order valence-electron chi connectivity index (χ3n) is 0.348. The average Bonchev–Trinajstić information content (AvgIpc) is 1.35. The van der Waals surface area contributed by atoms with Crippen LogP contribution in [0.15, 0.2) is 0 Å². The van der Waals surface area contributed by atoms with Crippen molar-refractivity contribution in [3.63, 3.8) is 0 Å². The monoisotopic (exact) mass is 106 g/mol. The van der Waals surface area contributed by atoms with Gasteiger partial charge in [0.15, 0.2) is 0 Å². The van der Waals surface area contributed by atoms with Gasteiger partial charge in [0, 0.05) is 0 Å². The Morgan fingerprint density at radius 1 is 1.57 bits per heavy atom. The molecule has 0 aliphatic carbocycles. The molecule has 0 amide bonds. The van der Waals surface area contributed by atoms with Crippen LogP contribution in [0.3, 0.4) is 0 Å². The minimum atomic E-state index is -1.18. The summed E-state index contributed by atoms with van der Waals surface area (Å²) < 4.78 is 0. The van der Waals surface area contributed by atoms with Gasteiger partial charge in [-0.2, -0.15) is 0 Å². The predicted molar refractivity (Wildman–Crippen MR) is 22.9 cm³/mol. The van der Waals surface area contributed by atoms with E-state index in [1.807, 2.05) is 5.92 Å². The Balaban J connectivity index is 0. The maximum absolute atomic E-state index is 10.2. The Hall–Kier alpha value is 0.520. The summed E-state index contributed by atoms with van der Waals surface area (Å²) in [5, 5.41) is 10.2. The van der Waals surface area contributed by atoms with E-state index < -0.39 is 5.60 Å². The topological polar surface area (TPSA) is 23.1 Å². The summed E-state index contributed by atoms with van der Waals surface area (Å²) in [5.74, 6) is 2.05. The number of hydrogen-bond donors (Lipinski definition) is 0. The molecular formula is C5H7NaO. The number of hydrogen-bond acceptors (Lipinski definition) is 1. The molecule has 0 spiro atoms. The molecule has 0 aliphatic heterocycles. The Labute approximate surface area is 66.4 Å². The van der Waals surface area contributed by atoms with Crippen LogP contribution in [-0.4, -0.2) is 5.60 Å². The summed E-state index contributed by atoms with van der Waals surface area (Å²) >= 11 is 0. The van der Waals surface area contributed by atoms with Crippen LogP contribution in [0.1, 0.15) is 13.8 Å². The van der Waals surface area contributed by atoms with Crippen LogP contribution in [-0.2, 0) is 0 Å². The second kappa shape index (κ2) is 3.51. The molecule has 0 aliphatic rings. The Morgan fingerprint density at radius 3 is 1.71 bits per heavy atom. The van der Waals surface area contributed by atoms with Gasteiger partial charge < -0.3 is 5.11 Å². The first kappa shape index (κ1) is 10.5. The first-order chi connectivity index (χ1) is 2.56. The summed E-state index contributed by atoms with van der Waals surface area (Å²) in [6.07, 6.45) is 4.74. The van der Waals surface area contributed by atoms with Crippen LogP contribution in [0, 0.1) is 12.3 Å².